The van der Waals surface area contributed by atoms with Crippen LogP contribution >= 0.6 is 0 Å². The second-order valence-corrected chi connectivity index (χ2v) is 4.76. The SMILES string of the molecule is CC.CCCN(CC#Cc1c[c-]c(N)cn1)C(=O)C(C)CC.[Y]. The number of rotatable bonds is 5. The van der Waals surface area contributed by atoms with Crippen molar-refractivity contribution in [3.8, 4) is 11.8 Å². The van der Waals surface area contributed by atoms with E-state index in [1.807, 2.05) is 32.6 Å². The Hall–Kier alpha value is -0.916. The van der Waals surface area contributed by atoms with Gasteiger partial charge in [-0.1, -0.05) is 52.4 Å². The normalized spacial score (nSPS) is 10.1. The summed E-state index contributed by atoms with van der Waals surface area (Å²) in [5.74, 6) is 6.14. The summed E-state index contributed by atoms with van der Waals surface area (Å²) in [6.45, 7) is 11.2. The maximum Gasteiger partial charge on any atom is 0.226 e. The second kappa shape index (κ2) is 14.7. The van der Waals surface area contributed by atoms with Gasteiger partial charge in [0.1, 0.15) is 0 Å². The van der Waals surface area contributed by atoms with Crippen LogP contribution in [0, 0.1) is 23.8 Å². The molecule has 0 saturated heterocycles. The van der Waals surface area contributed by atoms with Crippen LogP contribution in [-0.2, 0) is 37.5 Å². The van der Waals surface area contributed by atoms with Crippen LogP contribution < -0.4 is 5.73 Å². The van der Waals surface area contributed by atoms with Gasteiger partial charge in [-0.2, -0.15) is 6.07 Å². The number of nitrogens with zero attached hydrogens (tertiary/aromatic N) is 2. The van der Waals surface area contributed by atoms with Crippen LogP contribution in [0.3, 0.4) is 0 Å². The van der Waals surface area contributed by atoms with E-state index < -0.39 is 0 Å². The minimum absolute atomic E-state index is 0. The fourth-order valence-electron chi connectivity index (χ4n) is 1.68. The molecule has 1 aromatic rings. The van der Waals surface area contributed by atoms with Crippen molar-refractivity contribution in [3.63, 3.8) is 0 Å². The first-order chi connectivity index (χ1) is 10.6. The summed E-state index contributed by atoms with van der Waals surface area (Å²) in [7, 11) is 0. The molecule has 1 unspecified atom stereocenters. The molecule has 1 amide bonds. The van der Waals surface area contributed by atoms with E-state index in [-0.39, 0.29) is 44.5 Å². The largest absolute Gasteiger partial charge is 0.418 e. The van der Waals surface area contributed by atoms with E-state index in [9.17, 15) is 4.79 Å². The van der Waals surface area contributed by atoms with Crippen molar-refractivity contribution >= 4 is 11.6 Å². The second-order valence-electron chi connectivity index (χ2n) is 4.76. The average molecular weight is 391 g/mol. The zero-order valence-electron chi connectivity index (χ0n) is 15.0. The van der Waals surface area contributed by atoms with Gasteiger partial charge in [-0.25, -0.2) is 0 Å². The summed E-state index contributed by atoms with van der Waals surface area (Å²) in [5, 5.41) is 0. The Morgan fingerprint density at radius 2 is 2.09 bits per heavy atom. The first-order valence-corrected chi connectivity index (χ1v) is 7.99. The molecule has 0 aliphatic carbocycles. The fraction of sp³-hybridized carbons (Fsp3) is 0.556. The molecule has 4 nitrogen and oxygen atoms in total. The number of carbonyl (C=O) groups excluding carboxylic acids is 1. The third-order valence-corrected chi connectivity index (χ3v) is 3.04. The predicted octanol–water partition coefficient (Wildman–Crippen LogP) is 3.12. The Labute approximate surface area is 166 Å². The number of carbonyl (C=O) groups is 1. The van der Waals surface area contributed by atoms with Gasteiger partial charge >= 0.3 is 0 Å². The molecule has 1 radical (unpaired) electrons. The number of pyridine rings is 1. The molecule has 23 heavy (non-hydrogen) atoms. The monoisotopic (exact) mass is 391 g/mol. The Morgan fingerprint density at radius 1 is 1.43 bits per heavy atom. The topological polar surface area (TPSA) is 59.2 Å². The molecular formula is C18H28N3OY-. The van der Waals surface area contributed by atoms with Crippen LogP contribution in [0.2, 0.25) is 0 Å². The van der Waals surface area contributed by atoms with E-state index >= 15 is 0 Å². The van der Waals surface area contributed by atoms with Crippen molar-refractivity contribution in [2.75, 3.05) is 18.8 Å². The number of aromatic nitrogens is 1. The van der Waals surface area contributed by atoms with Crippen molar-refractivity contribution < 1.29 is 37.5 Å². The average Bonchev–Trinajstić information content (AvgIpc) is 2.56. The number of nitrogen functional groups attached to an aromatic ring is 1. The van der Waals surface area contributed by atoms with Crippen molar-refractivity contribution in [3.05, 3.63) is 24.0 Å². The molecule has 1 heterocycles. The van der Waals surface area contributed by atoms with Gasteiger partial charge in [-0.15, -0.1) is 12.0 Å². The molecule has 0 saturated carbocycles. The van der Waals surface area contributed by atoms with Crippen LogP contribution in [0.25, 0.3) is 0 Å². The molecule has 125 valence electrons. The Bertz CT molecular complexity index is 491. The Kier molecular flexibility index (Phi) is 15.5. The zero-order chi connectivity index (χ0) is 17.0. The molecule has 0 aromatic carbocycles. The van der Waals surface area contributed by atoms with E-state index in [4.69, 9.17) is 5.73 Å². The molecule has 1 rings (SSSR count). The van der Waals surface area contributed by atoms with Crippen molar-refractivity contribution in [2.24, 2.45) is 5.92 Å². The summed E-state index contributed by atoms with van der Waals surface area (Å²) >= 11 is 0. The van der Waals surface area contributed by atoms with E-state index in [1.165, 1.54) is 6.20 Å². The molecule has 0 aliphatic heterocycles. The minimum atomic E-state index is 0. The van der Waals surface area contributed by atoms with E-state index in [2.05, 4.69) is 29.8 Å². The molecule has 1 atom stereocenters. The fourth-order valence-corrected chi connectivity index (χ4v) is 1.68. The quantitative estimate of drug-likeness (QED) is 0.620. The van der Waals surface area contributed by atoms with Crippen LogP contribution in [-0.4, -0.2) is 28.9 Å². The minimum Gasteiger partial charge on any atom is -0.418 e. The van der Waals surface area contributed by atoms with Crippen LogP contribution in [0.4, 0.5) is 5.69 Å². The van der Waals surface area contributed by atoms with Gasteiger partial charge in [0, 0.05) is 45.2 Å². The third kappa shape index (κ3) is 9.74. The van der Waals surface area contributed by atoms with Gasteiger partial charge in [0.05, 0.1) is 6.54 Å². The van der Waals surface area contributed by atoms with E-state index in [0.29, 0.717) is 17.9 Å². The molecular weight excluding hydrogens is 363 g/mol. The predicted molar refractivity (Wildman–Crippen MR) is 92.0 cm³/mol. The zero-order valence-corrected chi connectivity index (χ0v) is 17.9. The van der Waals surface area contributed by atoms with Crippen LogP contribution in [0.15, 0.2) is 12.3 Å². The first kappa shape index (κ1) is 24.3. The van der Waals surface area contributed by atoms with Crippen LogP contribution in [0.5, 0.6) is 0 Å². The van der Waals surface area contributed by atoms with E-state index in [0.717, 1.165) is 19.4 Å². The summed E-state index contributed by atoms with van der Waals surface area (Å²) in [4.78, 5) is 18.1. The number of hydrogen-bond donors (Lipinski definition) is 1. The number of anilines is 1. The van der Waals surface area contributed by atoms with Crippen LogP contribution in [0.1, 0.15) is 53.2 Å². The Balaban J connectivity index is 0. The maximum absolute atomic E-state index is 12.2. The van der Waals surface area contributed by atoms with Gasteiger partial charge in [-0.05, 0) is 18.5 Å². The molecule has 0 aliphatic rings. The summed E-state index contributed by atoms with van der Waals surface area (Å²) in [5.41, 5.74) is 6.63. The molecule has 0 bridgehead atoms. The number of amides is 1. The smallest absolute Gasteiger partial charge is 0.226 e. The van der Waals surface area contributed by atoms with Gasteiger partial charge in [0.2, 0.25) is 5.91 Å². The van der Waals surface area contributed by atoms with Gasteiger partial charge < -0.3 is 15.6 Å². The Morgan fingerprint density at radius 3 is 2.57 bits per heavy atom. The van der Waals surface area contributed by atoms with E-state index in [1.54, 1.807) is 6.07 Å². The van der Waals surface area contributed by atoms with Crippen molar-refractivity contribution in [2.45, 2.75) is 47.5 Å². The summed E-state index contributed by atoms with van der Waals surface area (Å²) in [6.07, 6.45) is 3.30. The first-order valence-electron chi connectivity index (χ1n) is 7.99. The maximum atomic E-state index is 12.2. The summed E-state index contributed by atoms with van der Waals surface area (Å²) < 4.78 is 0. The number of hydrogen-bond acceptors (Lipinski definition) is 3. The molecule has 2 N–H and O–H groups in total. The van der Waals surface area contributed by atoms with Crippen molar-refractivity contribution in [1.29, 1.82) is 0 Å². The van der Waals surface area contributed by atoms with Gasteiger partial charge in [0.25, 0.3) is 0 Å². The van der Waals surface area contributed by atoms with Crippen molar-refractivity contribution in [1.82, 2.24) is 9.88 Å². The third-order valence-electron chi connectivity index (χ3n) is 3.04. The molecule has 0 spiro atoms. The number of nitrogens with two attached hydrogens (primary N) is 1. The standard InChI is InChI=1S/C16H22N3O.C2H6.Y/c1-4-10-19(16(20)13(3)5-2)11-6-7-15-9-8-14(17)12-18-15;1-2;/h9,12-13H,4-5,10-11,17H2,1-3H3;1-2H3;/q-1;;. The van der Waals surface area contributed by atoms with Gasteiger partial charge in [0.15, 0.2) is 0 Å². The molecule has 0 fully saturated rings. The molecule has 1 aromatic heterocycles. The van der Waals surface area contributed by atoms with Gasteiger partial charge in [-0.3, -0.25) is 4.79 Å². The molecule has 5 heteroatoms. The summed E-state index contributed by atoms with van der Waals surface area (Å²) in [6, 6.07) is 4.50.